The fourth-order valence-electron chi connectivity index (χ4n) is 2.89. The van der Waals surface area contributed by atoms with E-state index in [-0.39, 0.29) is 0 Å². The van der Waals surface area contributed by atoms with Gasteiger partial charge in [-0.2, -0.15) is 0 Å². The summed E-state index contributed by atoms with van der Waals surface area (Å²) in [5.74, 6) is 0.906. The molecular formula is C17H24N2. The highest BCUT2D eigenvalue weighted by atomic mass is 15.2. The zero-order valence-corrected chi connectivity index (χ0v) is 12.0. The third-order valence-corrected chi connectivity index (χ3v) is 4.22. The Morgan fingerprint density at radius 2 is 2.11 bits per heavy atom. The number of rotatable bonds is 3. The van der Waals surface area contributed by atoms with Crippen LogP contribution in [0.1, 0.15) is 32.3 Å². The molecule has 0 aromatic heterocycles. The Morgan fingerprint density at radius 1 is 1.32 bits per heavy atom. The average Bonchev–Trinajstić information content (AvgIpc) is 3.22. The second-order valence-electron chi connectivity index (χ2n) is 6.14. The van der Waals surface area contributed by atoms with E-state index in [2.05, 4.69) is 54.4 Å². The first-order valence-electron chi connectivity index (χ1n) is 7.43. The summed E-state index contributed by atoms with van der Waals surface area (Å²) >= 11 is 0. The zero-order valence-electron chi connectivity index (χ0n) is 12.0. The lowest BCUT2D eigenvalue weighted by Gasteiger charge is -2.26. The minimum Gasteiger partial charge on any atom is -0.366 e. The summed E-state index contributed by atoms with van der Waals surface area (Å²) in [5, 5.41) is 3.75. The van der Waals surface area contributed by atoms with Gasteiger partial charge in [0, 0.05) is 31.4 Å². The summed E-state index contributed by atoms with van der Waals surface area (Å²) in [7, 11) is 0. The summed E-state index contributed by atoms with van der Waals surface area (Å²) in [5.41, 5.74) is 4.25. The van der Waals surface area contributed by atoms with E-state index in [4.69, 9.17) is 0 Å². The highest BCUT2D eigenvalue weighted by Crippen LogP contribution is 2.35. The molecule has 0 bridgehead atoms. The van der Waals surface area contributed by atoms with Gasteiger partial charge < -0.3 is 10.2 Å². The maximum atomic E-state index is 3.75. The van der Waals surface area contributed by atoms with Crippen molar-refractivity contribution in [2.24, 2.45) is 5.92 Å². The largest absolute Gasteiger partial charge is 0.366 e. The number of fused-ring (bicyclic) bond motifs is 1. The molecule has 1 aliphatic heterocycles. The Kier molecular flexibility index (Phi) is 3.61. The van der Waals surface area contributed by atoms with E-state index in [9.17, 15) is 0 Å². The number of nitrogens with one attached hydrogen (secondary N) is 1. The van der Waals surface area contributed by atoms with Crippen LogP contribution >= 0.6 is 0 Å². The summed E-state index contributed by atoms with van der Waals surface area (Å²) < 4.78 is 0. The van der Waals surface area contributed by atoms with Gasteiger partial charge >= 0.3 is 0 Å². The van der Waals surface area contributed by atoms with Crippen LogP contribution in [0.3, 0.4) is 0 Å². The first kappa shape index (κ1) is 12.7. The van der Waals surface area contributed by atoms with Crippen LogP contribution in [-0.4, -0.2) is 19.1 Å². The predicted molar refractivity (Wildman–Crippen MR) is 81.4 cm³/mol. The highest BCUT2D eigenvalue weighted by Gasteiger charge is 2.33. The Morgan fingerprint density at radius 3 is 2.84 bits per heavy atom. The van der Waals surface area contributed by atoms with Crippen LogP contribution < -0.4 is 10.2 Å². The Hall–Kier alpha value is -1.28. The molecule has 19 heavy (non-hydrogen) atoms. The van der Waals surface area contributed by atoms with Crippen molar-refractivity contribution in [2.45, 2.75) is 39.3 Å². The molecule has 3 rings (SSSR count). The molecule has 2 aliphatic rings. The molecule has 0 radical (unpaired) electrons. The predicted octanol–water partition coefficient (Wildman–Crippen LogP) is 3.34. The van der Waals surface area contributed by atoms with Crippen LogP contribution in [-0.2, 0) is 6.54 Å². The highest BCUT2D eigenvalue weighted by molar-refractivity contribution is 5.55. The lowest BCUT2D eigenvalue weighted by molar-refractivity contribution is 0.471. The van der Waals surface area contributed by atoms with Crippen molar-refractivity contribution >= 4 is 5.69 Å². The molecule has 1 aliphatic carbocycles. The van der Waals surface area contributed by atoms with Gasteiger partial charge in [-0.15, -0.1) is 0 Å². The molecule has 1 heterocycles. The van der Waals surface area contributed by atoms with Crippen molar-refractivity contribution in [2.75, 3.05) is 18.0 Å². The number of benzene rings is 1. The molecular weight excluding hydrogens is 232 g/mol. The molecule has 0 amide bonds. The van der Waals surface area contributed by atoms with Gasteiger partial charge in [-0.3, -0.25) is 0 Å². The Bertz CT molecular complexity index is 470. The van der Waals surface area contributed by atoms with Gasteiger partial charge in [-0.1, -0.05) is 29.8 Å². The average molecular weight is 256 g/mol. The van der Waals surface area contributed by atoms with Crippen LogP contribution in [0.5, 0.6) is 0 Å². The van der Waals surface area contributed by atoms with Crippen molar-refractivity contribution < 1.29 is 0 Å². The quantitative estimate of drug-likeness (QED) is 0.834. The molecule has 2 nitrogen and oxygen atoms in total. The monoisotopic (exact) mass is 256 g/mol. The van der Waals surface area contributed by atoms with Gasteiger partial charge in [-0.25, -0.2) is 0 Å². The molecule has 1 aromatic carbocycles. The fourth-order valence-corrected chi connectivity index (χ4v) is 2.89. The molecule has 1 saturated carbocycles. The Balaban J connectivity index is 1.84. The minimum absolute atomic E-state index is 0.665. The van der Waals surface area contributed by atoms with E-state index < -0.39 is 0 Å². The van der Waals surface area contributed by atoms with E-state index in [0.717, 1.165) is 25.6 Å². The molecule has 2 heteroatoms. The zero-order chi connectivity index (χ0) is 13.2. The van der Waals surface area contributed by atoms with Crippen molar-refractivity contribution in [3.8, 4) is 0 Å². The van der Waals surface area contributed by atoms with Crippen molar-refractivity contribution in [3.05, 3.63) is 41.5 Å². The molecule has 102 valence electrons. The van der Waals surface area contributed by atoms with Gasteiger partial charge in [0.15, 0.2) is 0 Å². The number of hydrogen-bond acceptors (Lipinski definition) is 2. The van der Waals surface area contributed by atoms with Gasteiger partial charge in [0.05, 0.1) is 0 Å². The fraction of sp³-hybridized carbons (Fsp3) is 0.529. The minimum atomic E-state index is 0.665. The standard InChI is InChI=1S/C17H24N2/c1-13(2)9-10-19-12-16(14-7-8-14)18-11-15-5-3-4-6-17(15)19/h3-6,9,14,16,18H,7-8,10-12H2,1-2H3. The SMILES string of the molecule is CC(C)=CCN1CC(C2CC2)NCc2ccccc21. The molecule has 1 unspecified atom stereocenters. The van der Waals surface area contributed by atoms with Crippen molar-refractivity contribution in [3.63, 3.8) is 0 Å². The second kappa shape index (κ2) is 5.38. The van der Waals surface area contributed by atoms with Crippen LogP contribution in [0, 0.1) is 5.92 Å². The summed E-state index contributed by atoms with van der Waals surface area (Å²) in [6.07, 6.45) is 5.15. The summed E-state index contributed by atoms with van der Waals surface area (Å²) in [6.45, 7) is 7.55. The van der Waals surface area contributed by atoms with E-state index in [1.54, 1.807) is 0 Å². The van der Waals surface area contributed by atoms with Crippen LogP contribution in [0.25, 0.3) is 0 Å². The lowest BCUT2D eigenvalue weighted by Crippen LogP contribution is -2.39. The molecule has 1 N–H and O–H groups in total. The molecule has 1 atom stereocenters. The third-order valence-electron chi connectivity index (χ3n) is 4.22. The number of allylic oxidation sites excluding steroid dienone is 1. The van der Waals surface area contributed by atoms with Crippen molar-refractivity contribution in [1.29, 1.82) is 0 Å². The van der Waals surface area contributed by atoms with E-state index in [1.165, 1.54) is 29.7 Å². The Labute approximate surface area is 116 Å². The first-order chi connectivity index (χ1) is 9.24. The topological polar surface area (TPSA) is 15.3 Å². The normalized spacial score (nSPS) is 22.6. The number of hydrogen-bond donors (Lipinski definition) is 1. The summed E-state index contributed by atoms with van der Waals surface area (Å²) in [6, 6.07) is 9.50. The maximum Gasteiger partial charge on any atom is 0.0415 e. The number of para-hydroxylation sites is 1. The van der Waals surface area contributed by atoms with E-state index >= 15 is 0 Å². The number of nitrogens with zero attached hydrogens (tertiary/aromatic N) is 1. The number of anilines is 1. The summed E-state index contributed by atoms with van der Waals surface area (Å²) in [4.78, 5) is 2.55. The molecule has 1 aromatic rings. The van der Waals surface area contributed by atoms with Crippen LogP contribution in [0.15, 0.2) is 35.9 Å². The first-order valence-corrected chi connectivity index (χ1v) is 7.43. The lowest BCUT2D eigenvalue weighted by atomic mass is 10.1. The van der Waals surface area contributed by atoms with Crippen molar-refractivity contribution in [1.82, 2.24) is 5.32 Å². The smallest absolute Gasteiger partial charge is 0.0415 e. The molecule has 1 fully saturated rings. The van der Waals surface area contributed by atoms with E-state index in [0.29, 0.717) is 6.04 Å². The van der Waals surface area contributed by atoms with Gasteiger partial charge in [0.25, 0.3) is 0 Å². The van der Waals surface area contributed by atoms with Gasteiger partial charge in [0.1, 0.15) is 0 Å². The van der Waals surface area contributed by atoms with Crippen LogP contribution in [0.2, 0.25) is 0 Å². The van der Waals surface area contributed by atoms with E-state index in [1.807, 2.05) is 0 Å². The third kappa shape index (κ3) is 3.01. The maximum absolute atomic E-state index is 3.75. The van der Waals surface area contributed by atoms with Gasteiger partial charge in [-0.05, 0) is 44.2 Å². The van der Waals surface area contributed by atoms with Gasteiger partial charge in [0.2, 0.25) is 0 Å². The second-order valence-corrected chi connectivity index (χ2v) is 6.14. The molecule has 0 saturated heterocycles. The van der Waals surface area contributed by atoms with Crippen LogP contribution in [0.4, 0.5) is 5.69 Å². The molecule has 0 spiro atoms.